The zero-order chi connectivity index (χ0) is 9.19. The monoisotopic (exact) mass is 188 g/mol. The van der Waals surface area contributed by atoms with E-state index < -0.39 is 5.60 Å². The standard InChI is InChI=1S/C7H9ClN2O2/c1-7(12,5-11)4-10-3-6(8)2-9-10/h2-3,5,12H,4H2,1H3/t7-/m0/s1. The van der Waals surface area contributed by atoms with Crippen molar-refractivity contribution < 1.29 is 9.90 Å². The quantitative estimate of drug-likeness (QED) is 0.703. The van der Waals surface area contributed by atoms with Crippen LogP contribution in [0.15, 0.2) is 12.4 Å². The third kappa shape index (κ3) is 2.32. The van der Waals surface area contributed by atoms with Gasteiger partial charge in [-0.25, -0.2) is 0 Å². The summed E-state index contributed by atoms with van der Waals surface area (Å²) in [6, 6.07) is 0. The molecule has 0 aliphatic carbocycles. The van der Waals surface area contributed by atoms with Crippen molar-refractivity contribution in [3.8, 4) is 0 Å². The zero-order valence-electron chi connectivity index (χ0n) is 6.57. The molecule has 1 aromatic rings. The van der Waals surface area contributed by atoms with Crippen molar-refractivity contribution in [2.75, 3.05) is 0 Å². The van der Waals surface area contributed by atoms with Crippen LogP contribution in [-0.2, 0) is 11.3 Å². The van der Waals surface area contributed by atoms with Gasteiger partial charge in [0.15, 0.2) is 6.29 Å². The highest BCUT2D eigenvalue weighted by Crippen LogP contribution is 2.08. The molecule has 1 rings (SSSR count). The smallest absolute Gasteiger partial charge is 0.153 e. The van der Waals surface area contributed by atoms with Gasteiger partial charge in [-0.3, -0.25) is 4.68 Å². The number of hydrogen-bond donors (Lipinski definition) is 1. The number of carbonyl (C=O) groups excluding carboxylic acids is 1. The molecule has 12 heavy (non-hydrogen) atoms. The molecule has 0 aliphatic heterocycles. The van der Waals surface area contributed by atoms with Crippen LogP contribution >= 0.6 is 11.6 Å². The third-order valence-corrected chi connectivity index (χ3v) is 1.53. The fourth-order valence-electron chi connectivity index (χ4n) is 0.790. The molecular formula is C7H9ClN2O2. The number of aliphatic hydroxyl groups is 1. The van der Waals surface area contributed by atoms with E-state index in [0.717, 1.165) is 0 Å². The van der Waals surface area contributed by atoms with Gasteiger partial charge >= 0.3 is 0 Å². The highest BCUT2D eigenvalue weighted by atomic mass is 35.5. The first-order valence-corrected chi connectivity index (χ1v) is 3.78. The minimum atomic E-state index is -1.38. The molecule has 0 unspecified atom stereocenters. The lowest BCUT2D eigenvalue weighted by atomic mass is 10.1. The first-order valence-electron chi connectivity index (χ1n) is 3.40. The second-order valence-electron chi connectivity index (χ2n) is 2.83. The number of aldehydes is 1. The van der Waals surface area contributed by atoms with Gasteiger partial charge in [-0.1, -0.05) is 11.6 Å². The molecule has 4 nitrogen and oxygen atoms in total. The number of aromatic nitrogens is 2. The maximum Gasteiger partial charge on any atom is 0.153 e. The molecule has 0 saturated carbocycles. The number of nitrogens with zero attached hydrogens (tertiary/aromatic N) is 2. The van der Waals surface area contributed by atoms with Gasteiger partial charge in [0.2, 0.25) is 0 Å². The SMILES string of the molecule is C[C@@](O)(C=O)Cn1cc(Cl)cn1. The van der Waals surface area contributed by atoms with Gasteiger partial charge in [-0.15, -0.1) is 0 Å². The summed E-state index contributed by atoms with van der Waals surface area (Å²) in [6.07, 6.45) is 3.46. The summed E-state index contributed by atoms with van der Waals surface area (Å²) in [5, 5.41) is 13.6. The van der Waals surface area contributed by atoms with Crippen LogP contribution in [0.25, 0.3) is 0 Å². The Morgan fingerprint density at radius 3 is 3.00 bits per heavy atom. The molecule has 0 saturated heterocycles. The summed E-state index contributed by atoms with van der Waals surface area (Å²) in [4.78, 5) is 10.3. The molecule has 0 aromatic carbocycles. The lowest BCUT2D eigenvalue weighted by Gasteiger charge is -2.14. The summed E-state index contributed by atoms with van der Waals surface area (Å²) in [6.45, 7) is 1.53. The van der Waals surface area contributed by atoms with Crippen LogP contribution < -0.4 is 0 Å². The Labute approximate surface area is 74.8 Å². The van der Waals surface area contributed by atoms with Crippen LogP contribution in [0.5, 0.6) is 0 Å². The Hall–Kier alpha value is -0.870. The van der Waals surface area contributed by atoms with Gasteiger partial charge in [0, 0.05) is 6.20 Å². The highest BCUT2D eigenvalue weighted by molar-refractivity contribution is 6.30. The second-order valence-corrected chi connectivity index (χ2v) is 3.27. The number of hydrogen-bond acceptors (Lipinski definition) is 3. The van der Waals surface area contributed by atoms with E-state index in [1.165, 1.54) is 17.8 Å². The van der Waals surface area contributed by atoms with E-state index in [-0.39, 0.29) is 6.54 Å². The summed E-state index contributed by atoms with van der Waals surface area (Å²) >= 11 is 5.58. The predicted octanol–water partition coefficient (Wildman–Crippen LogP) is 0.486. The van der Waals surface area contributed by atoms with Gasteiger partial charge < -0.3 is 9.90 Å². The molecule has 0 bridgehead atoms. The zero-order valence-corrected chi connectivity index (χ0v) is 7.32. The van der Waals surface area contributed by atoms with Crippen molar-refractivity contribution in [2.24, 2.45) is 0 Å². The molecular weight excluding hydrogens is 180 g/mol. The molecule has 1 atom stereocenters. The summed E-state index contributed by atoms with van der Waals surface area (Å²) in [5.41, 5.74) is -1.38. The van der Waals surface area contributed by atoms with Crippen LogP contribution in [0.2, 0.25) is 5.02 Å². The molecule has 0 aliphatic rings. The lowest BCUT2D eigenvalue weighted by Crippen LogP contribution is -2.32. The molecule has 0 spiro atoms. The van der Waals surface area contributed by atoms with Crippen molar-refractivity contribution in [1.82, 2.24) is 9.78 Å². The van der Waals surface area contributed by atoms with E-state index in [0.29, 0.717) is 11.3 Å². The normalized spacial score (nSPS) is 15.6. The van der Waals surface area contributed by atoms with E-state index in [2.05, 4.69) is 5.10 Å². The van der Waals surface area contributed by atoms with Crippen molar-refractivity contribution in [1.29, 1.82) is 0 Å². The van der Waals surface area contributed by atoms with E-state index in [4.69, 9.17) is 11.6 Å². The van der Waals surface area contributed by atoms with Gasteiger partial charge in [-0.2, -0.15) is 5.10 Å². The largest absolute Gasteiger partial charge is 0.381 e. The fraction of sp³-hybridized carbons (Fsp3) is 0.429. The number of halogens is 1. The van der Waals surface area contributed by atoms with Crippen LogP contribution in [0.3, 0.4) is 0 Å². The van der Waals surface area contributed by atoms with Crippen molar-refractivity contribution in [3.63, 3.8) is 0 Å². The molecule has 66 valence electrons. The van der Waals surface area contributed by atoms with E-state index in [1.54, 1.807) is 6.20 Å². The first kappa shape index (κ1) is 9.22. The van der Waals surface area contributed by atoms with Gasteiger partial charge in [0.25, 0.3) is 0 Å². The maximum atomic E-state index is 10.3. The number of carbonyl (C=O) groups is 1. The van der Waals surface area contributed by atoms with Gasteiger partial charge in [-0.05, 0) is 6.92 Å². The van der Waals surface area contributed by atoms with Gasteiger partial charge in [0.1, 0.15) is 5.60 Å². The van der Waals surface area contributed by atoms with E-state index in [9.17, 15) is 9.90 Å². The van der Waals surface area contributed by atoms with E-state index >= 15 is 0 Å². The second kappa shape index (κ2) is 3.25. The third-order valence-electron chi connectivity index (χ3n) is 1.34. The Bertz CT molecular complexity index is 283. The highest BCUT2D eigenvalue weighted by Gasteiger charge is 2.19. The number of rotatable bonds is 3. The average Bonchev–Trinajstić information content (AvgIpc) is 2.35. The molecule has 1 N–H and O–H groups in total. The molecule has 1 aromatic heterocycles. The molecule has 1 heterocycles. The Morgan fingerprint density at radius 1 is 1.92 bits per heavy atom. The lowest BCUT2D eigenvalue weighted by molar-refractivity contribution is -0.123. The van der Waals surface area contributed by atoms with Crippen LogP contribution in [0.1, 0.15) is 6.92 Å². The van der Waals surface area contributed by atoms with Crippen molar-refractivity contribution >= 4 is 17.9 Å². The van der Waals surface area contributed by atoms with Crippen LogP contribution in [0.4, 0.5) is 0 Å². The van der Waals surface area contributed by atoms with Crippen LogP contribution in [0, 0.1) is 0 Å². The Kier molecular flexibility index (Phi) is 2.49. The maximum absolute atomic E-state index is 10.3. The Morgan fingerprint density at radius 2 is 2.58 bits per heavy atom. The Balaban J connectivity index is 2.69. The van der Waals surface area contributed by atoms with Crippen molar-refractivity contribution in [3.05, 3.63) is 17.4 Å². The van der Waals surface area contributed by atoms with Gasteiger partial charge in [0.05, 0.1) is 17.8 Å². The summed E-state index contributed by atoms with van der Waals surface area (Å²) in [5.74, 6) is 0. The molecule has 0 amide bonds. The topological polar surface area (TPSA) is 55.1 Å². The summed E-state index contributed by atoms with van der Waals surface area (Å²) < 4.78 is 1.41. The van der Waals surface area contributed by atoms with Crippen LogP contribution in [-0.4, -0.2) is 26.8 Å². The minimum Gasteiger partial charge on any atom is -0.381 e. The molecule has 0 fully saturated rings. The average molecular weight is 189 g/mol. The minimum absolute atomic E-state index is 0.114. The van der Waals surface area contributed by atoms with Crippen molar-refractivity contribution in [2.45, 2.75) is 19.1 Å². The first-order chi connectivity index (χ1) is 5.53. The predicted molar refractivity (Wildman–Crippen MR) is 43.9 cm³/mol. The molecule has 0 radical (unpaired) electrons. The molecule has 5 heteroatoms. The van der Waals surface area contributed by atoms with E-state index in [1.807, 2.05) is 0 Å². The summed E-state index contributed by atoms with van der Waals surface area (Å²) in [7, 11) is 0. The fourth-order valence-corrected chi connectivity index (χ4v) is 0.946.